The maximum atomic E-state index is 14.4. The lowest BCUT2D eigenvalue weighted by Crippen LogP contribution is -2.46. The highest BCUT2D eigenvalue weighted by molar-refractivity contribution is 5.29. The third-order valence-corrected chi connectivity index (χ3v) is 5.84. The van der Waals surface area contributed by atoms with Crippen molar-refractivity contribution in [3.05, 3.63) is 71.5 Å². The third kappa shape index (κ3) is 2.87. The van der Waals surface area contributed by atoms with Crippen LogP contribution in [-0.4, -0.2) is 6.61 Å². The van der Waals surface area contributed by atoms with Crippen LogP contribution in [0.2, 0.25) is 0 Å². The van der Waals surface area contributed by atoms with Crippen LogP contribution in [0.1, 0.15) is 36.8 Å². The molecule has 0 radical (unpaired) electrons. The summed E-state index contributed by atoms with van der Waals surface area (Å²) in [6.07, 6.45) is 5.49. The molecular formula is C21H24FNO. The molecule has 3 heteroatoms. The summed E-state index contributed by atoms with van der Waals surface area (Å²) in [7, 11) is 0. The molecule has 2 unspecified atom stereocenters. The van der Waals surface area contributed by atoms with E-state index in [0.29, 0.717) is 18.4 Å². The molecule has 3 atom stereocenters. The van der Waals surface area contributed by atoms with E-state index >= 15 is 0 Å². The van der Waals surface area contributed by atoms with Crippen molar-refractivity contribution >= 4 is 0 Å². The molecule has 1 saturated heterocycles. The van der Waals surface area contributed by atoms with Gasteiger partial charge < -0.3 is 4.84 Å². The van der Waals surface area contributed by atoms with Gasteiger partial charge in [0.2, 0.25) is 0 Å². The van der Waals surface area contributed by atoms with Crippen LogP contribution in [0, 0.1) is 17.7 Å². The molecule has 1 saturated carbocycles. The SMILES string of the molecule is Fc1ccccc1C12CC[C@@H](CCc3ccccc3)CC1CON2. The lowest BCUT2D eigenvalue weighted by molar-refractivity contribution is 0.0497. The second-order valence-electron chi connectivity index (χ2n) is 7.23. The molecule has 1 heterocycles. The van der Waals surface area contributed by atoms with E-state index in [0.717, 1.165) is 31.2 Å². The van der Waals surface area contributed by atoms with Crippen molar-refractivity contribution in [3.8, 4) is 0 Å². The molecule has 126 valence electrons. The highest BCUT2D eigenvalue weighted by Gasteiger charge is 2.49. The number of rotatable bonds is 4. The number of aryl methyl sites for hydroxylation is 1. The summed E-state index contributed by atoms with van der Waals surface area (Å²) in [4.78, 5) is 5.60. The highest BCUT2D eigenvalue weighted by Crippen LogP contribution is 2.48. The van der Waals surface area contributed by atoms with Crippen LogP contribution in [0.3, 0.4) is 0 Å². The smallest absolute Gasteiger partial charge is 0.128 e. The average molecular weight is 325 g/mol. The Kier molecular flexibility index (Phi) is 4.38. The van der Waals surface area contributed by atoms with Gasteiger partial charge in [0.1, 0.15) is 5.82 Å². The maximum absolute atomic E-state index is 14.4. The normalized spacial score (nSPS) is 29.4. The van der Waals surface area contributed by atoms with Crippen LogP contribution in [-0.2, 0) is 16.8 Å². The van der Waals surface area contributed by atoms with Crippen molar-refractivity contribution < 1.29 is 9.23 Å². The van der Waals surface area contributed by atoms with Gasteiger partial charge in [-0.1, -0.05) is 48.5 Å². The molecule has 2 aliphatic rings. The second-order valence-corrected chi connectivity index (χ2v) is 7.23. The number of hydroxylamine groups is 1. The molecule has 4 rings (SSSR count). The summed E-state index contributed by atoms with van der Waals surface area (Å²) in [5.74, 6) is 0.922. The molecule has 2 aromatic rings. The number of hydrogen-bond donors (Lipinski definition) is 1. The Morgan fingerprint density at radius 2 is 1.88 bits per heavy atom. The first kappa shape index (κ1) is 15.8. The molecule has 0 spiro atoms. The third-order valence-electron chi connectivity index (χ3n) is 5.84. The molecule has 0 amide bonds. The minimum absolute atomic E-state index is 0.122. The first-order valence-electron chi connectivity index (χ1n) is 8.96. The number of nitrogens with one attached hydrogen (secondary N) is 1. The average Bonchev–Trinajstić information content (AvgIpc) is 3.05. The number of hydrogen-bond acceptors (Lipinski definition) is 2. The molecule has 1 aliphatic heterocycles. The van der Waals surface area contributed by atoms with Gasteiger partial charge in [0.15, 0.2) is 0 Å². The molecule has 2 aromatic carbocycles. The van der Waals surface area contributed by atoms with Gasteiger partial charge in [0.05, 0.1) is 12.1 Å². The van der Waals surface area contributed by atoms with E-state index in [9.17, 15) is 4.39 Å². The first-order chi connectivity index (χ1) is 11.8. The summed E-state index contributed by atoms with van der Waals surface area (Å²) >= 11 is 0. The van der Waals surface area contributed by atoms with E-state index in [1.807, 2.05) is 12.1 Å². The van der Waals surface area contributed by atoms with E-state index in [1.165, 1.54) is 12.0 Å². The predicted octanol–water partition coefficient (Wildman–Crippen LogP) is 4.60. The van der Waals surface area contributed by atoms with Gasteiger partial charge in [-0.3, -0.25) is 0 Å². The Morgan fingerprint density at radius 3 is 2.71 bits per heavy atom. The van der Waals surface area contributed by atoms with E-state index in [4.69, 9.17) is 4.84 Å². The van der Waals surface area contributed by atoms with Crippen molar-refractivity contribution in [2.75, 3.05) is 6.61 Å². The molecule has 24 heavy (non-hydrogen) atoms. The van der Waals surface area contributed by atoms with Gasteiger partial charge in [-0.15, -0.1) is 0 Å². The molecule has 1 aliphatic carbocycles. The fourth-order valence-electron chi connectivity index (χ4n) is 4.48. The van der Waals surface area contributed by atoms with Gasteiger partial charge in [0.25, 0.3) is 0 Å². The van der Waals surface area contributed by atoms with Crippen molar-refractivity contribution in [2.24, 2.45) is 11.8 Å². The predicted molar refractivity (Wildman–Crippen MR) is 92.8 cm³/mol. The monoisotopic (exact) mass is 325 g/mol. The molecule has 0 aromatic heterocycles. The molecular weight excluding hydrogens is 301 g/mol. The Balaban J connectivity index is 1.46. The Hall–Kier alpha value is -1.71. The van der Waals surface area contributed by atoms with Crippen LogP contribution in [0.15, 0.2) is 54.6 Å². The van der Waals surface area contributed by atoms with Crippen LogP contribution in [0.25, 0.3) is 0 Å². The number of fused-ring (bicyclic) bond motifs is 1. The van der Waals surface area contributed by atoms with Crippen molar-refractivity contribution in [2.45, 2.75) is 37.6 Å². The summed E-state index contributed by atoms with van der Waals surface area (Å²) < 4.78 is 14.4. The maximum Gasteiger partial charge on any atom is 0.128 e. The fraction of sp³-hybridized carbons (Fsp3) is 0.429. The molecule has 2 nitrogen and oxygen atoms in total. The lowest BCUT2D eigenvalue weighted by Gasteiger charge is -2.41. The van der Waals surface area contributed by atoms with Gasteiger partial charge in [-0.05, 0) is 49.7 Å². The van der Waals surface area contributed by atoms with E-state index in [-0.39, 0.29) is 11.4 Å². The van der Waals surface area contributed by atoms with Gasteiger partial charge >= 0.3 is 0 Å². The van der Waals surface area contributed by atoms with Crippen LogP contribution in [0.5, 0.6) is 0 Å². The zero-order valence-corrected chi connectivity index (χ0v) is 13.9. The summed E-state index contributed by atoms with van der Waals surface area (Å²) in [6.45, 7) is 0.677. The summed E-state index contributed by atoms with van der Waals surface area (Å²) in [6, 6.07) is 17.8. The standard InChI is InChI=1S/C21H24FNO/c22-20-9-5-4-8-19(20)21-13-12-17(14-18(21)15-24-23-21)11-10-16-6-2-1-3-7-16/h1-9,17-18,23H,10-15H2/t17-,18?,21?/m1/s1. The van der Waals surface area contributed by atoms with Crippen LogP contribution >= 0.6 is 0 Å². The van der Waals surface area contributed by atoms with E-state index in [1.54, 1.807) is 12.1 Å². The van der Waals surface area contributed by atoms with E-state index < -0.39 is 0 Å². The quantitative estimate of drug-likeness (QED) is 0.887. The number of benzene rings is 2. The fourth-order valence-corrected chi connectivity index (χ4v) is 4.48. The van der Waals surface area contributed by atoms with Gasteiger partial charge in [-0.25, -0.2) is 4.39 Å². The largest absolute Gasteiger partial charge is 0.301 e. The highest BCUT2D eigenvalue weighted by atomic mass is 19.1. The van der Waals surface area contributed by atoms with Gasteiger partial charge in [-0.2, -0.15) is 5.48 Å². The molecule has 0 bridgehead atoms. The Morgan fingerprint density at radius 1 is 1.08 bits per heavy atom. The second kappa shape index (κ2) is 6.66. The van der Waals surface area contributed by atoms with Crippen molar-refractivity contribution in [1.29, 1.82) is 0 Å². The Bertz CT molecular complexity index is 689. The summed E-state index contributed by atoms with van der Waals surface area (Å²) in [5, 5.41) is 0. The van der Waals surface area contributed by atoms with Gasteiger partial charge in [0, 0.05) is 11.5 Å². The summed E-state index contributed by atoms with van der Waals surface area (Å²) in [5.41, 5.74) is 5.02. The molecule has 2 fully saturated rings. The van der Waals surface area contributed by atoms with Crippen LogP contribution < -0.4 is 5.48 Å². The van der Waals surface area contributed by atoms with Crippen molar-refractivity contribution in [1.82, 2.24) is 5.48 Å². The zero-order chi connectivity index (χ0) is 16.4. The lowest BCUT2D eigenvalue weighted by atomic mass is 9.66. The number of halogens is 1. The van der Waals surface area contributed by atoms with Crippen LogP contribution in [0.4, 0.5) is 4.39 Å². The van der Waals surface area contributed by atoms with Crippen molar-refractivity contribution in [3.63, 3.8) is 0 Å². The zero-order valence-electron chi connectivity index (χ0n) is 13.9. The Labute approximate surface area is 143 Å². The van der Waals surface area contributed by atoms with E-state index in [2.05, 4.69) is 35.8 Å². The minimum Gasteiger partial charge on any atom is -0.301 e. The first-order valence-corrected chi connectivity index (χ1v) is 8.96. The minimum atomic E-state index is -0.339. The molecule has 1 N–H and O–H groups in total. The topological polar surface area (TPSA) is 21.3 Å².